The first-order valence-corrected chi connectivity index (χ1v) is 10.5. The Morgan fingerprint density at radius 3 is 2.66 bits per heavy atom. The molecule has 148 valence electrons. The molecular formula is C22H23N5OS. The van der Waals surface area contributed by atoms with E-state index in [9.17, 15) is 4.79 Å². The Kier molecular flexibility index (Phi) is 5.40. The molecule has 0 spiro atoms. The number of benzene rings is 2. The van der Waals surface area contributed by atoms with Crippen molar-refractivity contribution in [2.24, 2.45) is 0 Å². The molecule has 4 aromatic rings. The molecule has 0 fully saturated rings. The van der Waals surface area contributed by atoms with Gasteiger partial charge in [-0.3, -0.25) is 4.79 Å². The van der Waals surface area contributed by atoms with Crippen LogP contribution in [0.4, 0.5) is 0 Å². The molecule has 1 unspecified atom stereocenters. The van der Waals surface area contributed by atoms with Gasteiger partial charge in [0.05, 0.1) is 5.75 Å². The second-order valence-corrected chi connectivity index (χ2v) is 8.11. The number of nitrogens with zero attached hydrogens (tertiary/aromatic N) is 3. The normalized spacial score (nSPS) is 12.3. The second-order valence-electron chi connectivity index (χ2n) is 7.17. The van der Waals surface area contributed by atoms with Gasteiger partial charge in [-0.15, -0.1) is 10.2 Å². The van der Waals surface area contributed by atoms with Crippen molar-refractivity contribution in [1.29, 1.82) is 0 Å². The second kappa shape index (κ2) is 8.13. The molecule has 2 aromatic heterocycles. The van der Waals surface area contributed by atoms with Crippen LogP contribution in [0.25, 0.3) is 10.9 Å². The van der Waals surface area contributed by atoms with E-state index in [1.165, 1.54) is 22.0 Å². The first kappa shape index (κ1) is 19.3. The fourth-order valence-electron chi connectivity index (χ4n) is 3.56. The van der Waals surface area contributed by atoms with Gasteiger partial charge in [0.25, 0.3) is 0 Å². The predicted octanol–water partition coefficient (Wildman–Crippen LogP) is 4.10. The highest BCUT2D eigenvalue weighted by molar-refractivity contribution is 7.99. The van der Waals surface area contributed by atoms with Gasteiger partial charge in [0.2, 0.25) is 5.16 Å². The van der Waals surface area contributed by atoms with Crippen molar-refractivity contribution < 1.29 is 4.79 Å². The number of aromatic nitrogens is 4. The zero-order valence-corrected chi connectivity index (χ0v) is 17.2. The minimum atomic E-state index is 0.0483. The van der Waals surface area contributed by atoms with E-state index in [0.29, 0.717) is 17.4 Å². The SMILES string of the molecule is Cc1[nH]c2ccccc2c1C(=O)CSc1nnc(CC(C)c2ccccc2)n1N. The van der Waals surface area contributed by atoms with Crippen molar-refractivity contribution in [3.8, 4) is 0 Å². The summed E-state index contributed by atoms with van der Waals surface area (Å²) in [7, 11) is 0. The molecule has 0 aliphatic rings. The van der Waals surface area contributed by atoms with Crippen LogP contribution in [-0.4, -0.2) is 31.4 Å². The third-order valence-electron chi connectivity index (χ3n) is 5.10. The summed E-state index contributed by atoms with van der Waals surface area (Å²) in [6, 6.07) is 18.1. The summed E-state index contributed by atoms with van der Waals surface area (Å²) in [5.74, 6) is 7.49. The van der Waals surface area contributed by atoms with Crippen LogP contribution < -0.4 is 5.84 Å². The number of hydrogen-bond acceptors (Lipinski definition) is 5. The van der Waals surface area contributed by atoms with Crippen molar-refractivity contribution in [1.82, 2.24) is 19.9 Å². The van der Waals surface area contributed by atoms with Gasteiger partial charge >= 0.3 is 0 Å². The van der Waals surface area contributed by atoms with Gasteiger partial charge in [0.1, 0.15) is 0 Å². The summed E-state index contributed by atoms with van der Waals surface area (Å²) in [4.78, 5) is 16.1. The lowest BCUT2D eigenvalue weighted by molar-refractivity contribution is 0.102. The number of para-hydroxylation sites is 1. The summed E-state index contributed by atoms with van der Waals surface area (Å²) in [6.07, 6.45) is 0.684. The highest BCUT2D eigenvalue weighted by Crippen LogP contribution is 2.26. The average Bonchev–Trinajstić information content (AvgIpc) is 3.25. The van der Waals surface area contributed by atoms with Gasteiger partial charge < -0.3 is 10.8 Å². The number of Topliss-reactive ketones (excluding diaryl/α,β-unsaturated/α-hetero) is 1. The van der Waals surface area contributed by atoms with Crippen LogP contribution in [-0.2, 0) is 6.42 Å². The maximum absolute atomic E-state index is 12.9. The minimum Gasteiger partial charge on any atom is -0.358 e. The molecule has 0 saturated heterocycles. The first-order valence-electron chi connectivity index (χ1n) is 9.52. The van der Waals surface area contributed by atoms with Gasteiger partial charge in [0, 0.05) is 28.6 Å². The van der Waals surface area contributed by atoms with E-state index in [0.717, 1.165) is 22.2 Å². The molecule has 29 heavy (non-hydrogen) atoms. The largest absolute Gasteiger partial charge is 0.358 e. The number of thioether (sulfide) groups is 1. The molecule has 7 heteroatoms. The lowest BCUT2D eigenvalue weighted by atomic mass is 9.98. The van der Waals surface area contributed by atoms with E-state index in [2.05, 4.69) is 34.2 Å². The van der Waals surface area contributed by atoms with E-state index in [-0.39, 0.29) is 17.5 Å². The van der Waals surface area contributed by atoms with Crippen molar-refractivity contribution in [2.45, 2.75) is 31.3 Å². The molecule has 3 N–H and O–H groups in total. The molecule has 6 nitrogen and oxygen atoms in total. The third-order valence-corrected chi connectivity index (χ3v) is 6.04. The molecule has 0 bridgehead atoms. The zero-order valence-electron chi connectivity index (χ0n) is 16.4. The van der Waals surface area contributed by atoms with Gasteiger partial charge in [-0.25, -0.2) is 4.68 Å². The van der Waals surface area contributed by atoms with E-state index >= 15 is 0 Å². The fraction of sp³-hybridized carbons (Fsp3) is 0.227. The number of carbonyl (C=O) groups is 1. The van der Waals surface area contributed by atoms with Crippen LogP contribution in [0.1, 0.15) is 40.3 Å². The molecule has 0 radical (unpaired) electrons. The molecule has 2 heterocycles. The van der Waals surface area contributed by atoms with Crippen LogP contribution in [0.15, 0.2) is 59.8 Å². The lowest BCUT2D eigenvalue weighted by Crippen LogP contribution is -2.16. The number of rotatable bonds is 7. The van der Waals surface area contributed by atoms with Gasteiger partial charge in [-0.2, -0.15) is 0 Å². The molecular weight excluding hydrogens is 382 g/mol. The first-order chi connectivity index (χ1) is 14.0. The number of fused-ring (bicyclic) bond motifs is 1. The zero-order chi connectivity index (χ0) is 20.4. The van der Waals surface area contributed by atoms with Gasteiger partial charge in [-0.05, 0) is 24.5 Å². The van der Waals surface area contributed by atoms with E-state index in [4.69, 9.17) is 5.84 Å². The van der Waals surface area contributed by atoms with Gasteiger partial charge in [0.15, 0.2) is 11.6 Å². The molecule has 0 amide bonds. The Bertz CT molecular complexity index is 1150. The Morgan fingerprint density at radius 2 is 1.86 bits per heavy atom. The maximum Gasteiger partial charge on any atom is 0.210 e. The number of carbonyl (C=O) groups excluding carboxylic acids is 1. The summed E-state index contributed by atoms with van der Waals surface area (Å²) in [6.45, 7) is 4.06. The number of aryl methyl sites for hydroxylation is 1. The fourth-order valence-corrected chi connectivity index (χ4v) is 4.30. The number of aromatic amines is 1. The number of nitrogen functional groups attached to an aromatic ring is 1. The van der Waals surface area contributed by atoms with Crippen LogP contribution in [0, 0.1) is 6.92 Å². The smallest absolute Gasteiger partial charge is 0.210 e. The van der Waals surface area contributed by atoms with Crippen molar-refractivity contribution >= 4 is 28.4 Å². The summed E-state index contributed by atoms with van der Waals surface area (Å²) >= 11 is 1.32. The standard InChI is InChI=1S/C22H23N5OS/c1-14(16-8-4-3-5-9-16)12-20-25-26-22(27(20)23)29-13-19(28)21-15(2)24-18-11-7-6-10-17(18)21/h3-11,14,24H,12-13,23H2,1-2H3. The number of nitrogens with one attached hydrogen (secondary N) is 1. The molecule has 1 atom stereocenters. The minimum absolute atomic E-state index is 0.0483. The van der Waals surface area contributed by atoms with Crippen LogP contribution >= 0.6 is 11.8 Å². The molecule has 0 aliphatic carbocycles. The quantitative estimate of drug-likeness (QED) is 0.274. The van der Waals surface area contributed by atoms with Crippen LogP contribution in [0.2, 0.25) is 0 Å². The maximum atomic E-state index is 12.9. The average molecular weight is 406 g/mol. The predicted molar refractivity (Wildman–Crippen MR) is 117 cm³/mol. The number of nitrogens with two attached hydrogens (primary N) is 1. The lowest BCUT2D eigenvalue weighted by Gasteiger charge is -2.11. The Morgan fingerprint density at radius 1 is 1.14 bits per heavy atom. The summed E-state index contributed by atoms with van der Waals surface area (Å²) in [5, 5.41) is 9.92. The molecule has 0 aliphatic heterocycles. The summed E-state index contributed by atoms with van der Waals surface area (Å²) < 4.78 is 1.50. The van der Waals surface area contributed by atoms with Crippen LogP contribution in [0.5, 0.6) is 0 Å². The Balaban J connectivity index is 1.45. The Labute approximate surface area is 173 Å². The van der Waals surface area contributed by atoms with Gasteiger partial charge in [-0.1, -0.05) is 67.2 Å². The van der Waals surface area contributed by atoms with E-state index in [1.54, 1.807) is 0 Å². The van der Waals surface area contributed by atoms with Crippen molar-refractivity contribution in [2.75, 3.05) is 11.6 Å². The van der Waals surface area contributed by atoms with Crippen LogP contribution in [0.3, 0.4) is 0 Å². The molecule has 0 saturated carbocycles. The number of H-pyrrole nitrogens is 1. The van der Waals surface area contributed by atoms with Crippen molar-refractivity contribution in [3.05, 3.63) is 77.2 Å². The van der Waals surface area contributed by atoms with Crippen molar-refractivity contribution in [3.63, 3.8) is 0 Å². The topological polar surface area (TPSA) is 89.6 Å². The third kappa shape index (κ3) is 3.91. The number of ketones is 1. The molecule has 2 aromatic carbocycles. The highest BCUT2D eigenvalue weighted by atomic mass is 32.2. The highest BCUT2D eigenvalue weighted by Gasteiger charge is 2.19. The Hall–Kier alpha value is -3.06. The number of hydrogen-bond donors (Lipinski definition) is 2. The van der Waals surface area contributed by atoms with E-state index in [1.807, 2.05) is 49.4 Å². The summed E-state index contributed by atoms with van der Waals surface area (Å²) in [5.41, 5.74) is 3.81. The monoisotopic (exact) mass is 405 g/mol. The van der Waals surface area contributed by atoms with E-state index < -0.39 is 0 Å². The molecule has 4 rings (SSSR count).